The van der Waals surface area contributed by atoms with Gasteiger partial charge in [-0.25, -0.2) is 13.6 Å². The van der Waals surface area contributed by atoms with Crippen molar-refractivity contribution in [1.82, 2.24) is 10.6 Å². The van der Waals surface area contributed by atoms with E-state index in [-0.39, 0.29) is 33.2 Å². The van der Waals surface area contributed by atoms with E-state index in [1.165, 1.54) is 12.1 Å². The first kappa shape index (κ1) is 32.2. The molecular weight excluding hydrogens is 583 g/mol. The van der Waals surface area contributed by atoms with Gasteiger partial charge in [-0.2, -0.15) is 0 Å². The third-order valence-electron chi connectivity index (χ3n) is 7.74. The van der Waals surface area contributed by atoms with Crippen LogP contribution in [0.5, 0.6) is 0 Å². The summed E-state index contributed by atoms with van der Waals surface area (Å²) in [5.74, 6) is -2.57. The number of ether oxygens (including phenoxy) is 1. The molecule has 3 aromatic rings. The van der Waals surface area contributed by atoms with Crippen molar-refractivity contribution < 1.29 is 23.4 Å². The average Bonchev–Trinajstić information content (AvgIpc) is 3.23. The van der Waals surface area contributed by atoms with Gasteiger partial charge in [-0.1, -0.05) is 68.2 Å². The lowest BCUT2D eigenvalue weighted by molar-refractivity contribution is 0.0526. The van der Waals surface area contributed by atoms with Crippen molar-refractivity contribution in [2.45, 2.75) is 63.9 Å². The van der Waals surface area contributed by atoms with Crippen molar-refractivity contribution in [2.24, 2.45) is 5.41 Å². The van der Waals surface area contributed by atoms with Gasteiger partial charge in [0, 0.05) is 28.2 Å². The van der Waals surface area contributed by atoms with Gasteiger partial charge >= 0.3 is 5.97 Å². The van der Waals surface area contributed by atoms with E-state index in [0.29, 0.717) is 17.7 Å². The maximum Gasteiger partial charge on any atom is 0.338 e. The summed E-state index contributed by atoms with van der Waals surface area (Å²) in [6, 6.07) is 14.4. The molecule has 42 heavy (non-hydrogen) atoms. The van der Waals surface area contributed by atoms with Crippen molar-refractivity contribution >= 4 is 34.9 Å². The highest BCUT2D eigenvalue weighted by molar-refractivity contribution is 6.31. The molecule has 0 spiro atoms. The summed E-state index contributed by atoms with van der Waals surface area (Å²) in [5.41, 5.74) is -0.230. The van der Waals surface area contributed by atoms with Gasteiger partial charge in [0.1, 0.15) is 17.9 Å². The molecule has 0 radical (unpaired) electrons. The zero-order chi connectivity index (χ0) is 30.8. The van der Waals surface area contributed by atoms with Gasteiger partial charge in [0.2, 0.25) is 0 Å². The summed E-state index contributed by atoms with van der Waals surface area (Å²) in [7, 11) is 1.70. The quantitative estimate of drug-likeness (QED) is 0.155. The molecule has 0 bridgehead atoms. The zero-order valence-corrected chi connectivity index (χ0v) is 25.8. The summed E-state index contributed by atoms with van der Waals surface area (Å²) >= 11 is 12.4. The van der Waals surface area contributed by atoms with Gasteiger partial charge in [-0.3, -0.25) is 0 Å². The van der Waals surface area contributed by atoms with Gasteiger partial charge in [0.05, 0.1) is 28.8 Å². The highest BCUT2D eigenvalue weighted by atomic mass is 35.5. The molecule has 0 saturated carbocycles. The van der Waals surface area contributed by atoms with Crippen LogP contribution in [0.1, 0.15) is 61.5 Å². The molecule has 6 nitrogen and oxygen atoms in total. The Balaban J connectivity index is 1.89. The van der Waals surface area contributed by atoms with Crippen LogP contribution in [0.15, 0.2) is 60.7 Å². The number of nitrogens with one attached hydrogen (secondary N) is 3. The number of aliphatic hydroxyl groups is 1. The van der Waals surface area contributed by atoms with Crippen LogP contribution in [-0.4, -0.2) is 43.0 Å². The van der Waals surface area contributed by atoms with Gasteiger partial charge in [0.15, 0.2) is 0 Å². The molecule has 5 unspecified atom stereocenters. The number of rotatable bonds is 9. The number of hydrogen-bond acceptors (Lipinski definition) is 6. The van der Waals surface area contributed by atoms with Crippen LogP contribution in [-0.2, 0) is 10.3 Å². The minimum absolute atomic E-state index is 0.0864. The molecule has 1 aliphatic rings. The number of likely N-dealkylation sites (N-methyl/N-ethyl adjacent to an activating group) is 1. The Bertz CT molecular complexity index is 1430. The van der Waals surface area contributed by atoms with Crippen LogP contribution in [0.4, 0.5) is 14.5 Å². The number of carbonyl (C=O) groups excluding carboxylic acids is 1. The average molecular weight is 621 g/mol. The van der Waals surface area contributed by atoms with Crippen molar-refractivity contribution in [1.29, 1.82) is 0 Å². The second-order valence-electron chi connectivity index (χ2n) is 11.8. The summed E-state index contributed by atoms with van der Waals surface area (Å²) in [6.45, 7) is 8.12. The van der Waals surface area contributed by atoms with Crippen molar-refractivity contribution in [3.63, 3.8) is 0 Å². The molecule has 1 heterocycles. The molecule has 0 aliphatic carbocycles. The lowest BCUT2D eigenvalue weighted by Crippen LogP contribution is -2.54. The first-order valence-corrected chi connectivity index (χ1v) is 14.6. The summed E-state index contributed by atoms with van der Waals surface area (Å²) in [5, 5.41) is 21.8. The van der Waals surface area contributed by atoms with E-state index in [2.05, 4.69) is 36.7 Å². The molecule has 5 atom stereocenters. The van der Waals surface area contributed by atoms with Crippen molar-refractivity contribution in [3.05, 3.63) is 99.0 Å². The fourth-order valence-electron chi connectivity index (χ4n) is 6.12. The largest absolute Gasteiger partial charge is 0.462 e. The number of carbonyl (C=O) groups is 1. The standard InChI is InChI=1S/C32H37Cl2F2N3O3/c1-6-42-30(41)18-9-7-10-20(15-18)38-29(40)28-26(21-11-8-12-23(34)27(21)36)32(37-5,25(39-28)17-31(2,3)4)22-14-13-19(33)16-24(22)35/h7-16,25-26,28-29,37-40H,6,17H2,1-5H3. The predicted molar refractivity (Wildman–Crippen MR) is 163 cm³/mol. The van der Waals surface area contributed by atoms with E-state index < -0.39 is 47.4 Å². The Labute approximate surface area is 255 Å². The Morgan fingerprint density at radius 2 is 1.83 bits per heavy atom. The monoisotopic (exact) mass is 619 g/mol. The van der Waals surface area contributed by atoms with E-state index in [1.807, 2.05) is 0 Å². The Hall–Kier alpha value is -2.75. The fraction of sp³-hybridized carbons (Fsp3) is 0.406. The van der Waals surface area contributed by atoms with E-state index >= 15 is 8.78 Å². The molecule has 4 rings (SSSR count). The van der Waals surface area contributed by atoms with Gasteiger partial charge in [-0.05, 0) is 67.8 Å². The van der Waals surface area contributed by atoms with Crippen LogP contribution in [0.3, 0.4) is 0 Å². The van der Waals surface area contributed by atoms with Gasteiger partial charge < -0.3 is 25.8 Å². The molecule has 10 heteroatoms. The Morgan fingerprint density at radius 3 is 2.48 bits per heavy atom. The minimum atomic E-state index is -1.31. The fourth-order valence-corrected chi connectivity index (χ4v) is 6.46. The number of anilines is 1. The van der Waals surface area contributed by atoms with Crippen LogP contribution in [0, 0.1) is 17.0 Å². The number of hydrogen-bond donors (Lipinski definition) is 4. The highest BCUT2D eigenvalue weighted by Gasteiger charge is 2.59. The van der Waals surface area contributed by atoms with Crippen LogP contribution in [0.2, 0.25) is 10.0 Å². The minimum Gasteiger partial charge on any atom is -0.462 e. The van der Waals surface area contributed by atoms with E-state index in [4.69, 9.17) is 27.9 Å². The zero-order valence-electron chi connectivity index (χ0n) is 24.3. The third kappa shape index (κ3) is 6.43. The molecule has 1 aliphatic heterocycles. The van der Waals surface area contributed by atoms with Crippen LogP contribution >= 0.6 is 23.2 Å². The number of aliphatic hydroxyl groups excluding tert-OH is 1. The Kier molecular flexibility index (Phi) is 9.85. The van der Waals surface area contributed by atoms with Gasteiger partial charge in [-0.15, -0.1) is 0 Å². The van der Waals surface area contributed by atoms with E-state index in [0.717, 1.165) is 0 Å². The molecule has 1 saturated heterocycles. The molecule has 1 fully saturated rings. The third-order valence-corrected chi connectivity index (χ3v) is 8.27. The molecule has 0 amide bonds. The first-order valence-electron chi connectivity index (χ1n) is 13.9. The normalized spacial score (nSPS) is 23.0. The SMILES string of the molecule is CCOC(=O)c1cccc(NC(O)C2NC(CC(C)(C)C)C(NC)(c3ccc(Cl)cc3F)C2c2cccc(Cl)c2F)c1. The number of halogens is 4. The highest BCUT2D eigenvalue weighted by Crippen LogP contribution is 2.51. The van der Waals surface area contributed by atoms with E-state index in [1.54, 1.807) is 62.5 Å². The summed E-state index contributed by atoms with van der Waals surface area (Å²) < 4.78 is 36.9. The van der Waals surface area contributed by atoms with Gasteiger partial charge in [0.25, 0.3) is 0 Å². The summed E-state index contributed by atoms with van der Waals surface area (Å²) in [4.78, 5) is 12.3. The molecule has 226 valence electrons. The molecule has 0 aromatic heterocycles. The number of benzene rings is 3. The van der Waals surface area contributed by atoms with Crippen LogP contribution in [0.25, 0.3) is 0 Å². The summed E-state index contributed by atoms with van der Waals surface area (Å²) in [6.07, 6.45) is -0.769. The number of esters is 1. The predicted octanol–water partition coefficient (Wildman–Crippen LogP) is 6.85. The maximum absolute atomic E-state index is 15.9. The lowest BCUT2D eigenvalue weighted by Gasteiger charge is -2.43. The molecule has 4 N–H and O–H groups in total. The first-order chi connectivity index (χ1) is 19.8. The molecule has 3 aromatic carbocycles. The van der Waals surface area contributed by atoms with Crippen LogP contribution < -0.4 is 16.0 Å². The second-order valence-corrected chi connectivity index (χ2v) is 12.6. The Morgan fingerprint density at radius 1 is 1.12 bits per heavy atom. The van der Waals surface area contributed by atoms with E-state index in [9.17, 15) is 9.90 Å². The topological polar surface area (TPSA) is 82.6 Å². The second kappa shape index (κ2) is 12.9. The van der Waals surface area contributed by atoms with Crippen molar-refractivity contribution in [2.75, 3.05) is 19.0 Å². The lowest BCUT2D eigenvalue weighted by atomic mass is 9.67. The molecular formula is C32H37Cl2F2N3O3. The van der Waals surface area contributed by atoms with Crippen molar-refractivity contribution in [3.8, 4) is 0 Å². The maximum atomic E-state index is 15.9. The smallest absolute Gasteiger partial charge is 0.338 e.